The van der Waals surface area contributed by atoms with Gasteiger partial charge in [0.25, 0.3) is 0 Å². The molecule has 4 nitrogen and oxygen atoms in total. The summed E-state index contributed by atoms with van der Waals surface area (Å²) in [5, 5.41) is 26.4. The molecule has 0 unspecified atom stereocenters. The van der Waals surface area contributed by atoms with Crippen molar-refractivity contribution in [2.24, 2.45) is 0 Å². The van der Waals surface area contributed by atoms with Gasteiger partial charge in [-0.1, -0.05) is 23.7 Å². The number of halogens is 3. The number of phenols is 1. The fourth-order valence-electron chi connectivity index (χ4n) is 3.49. The Morgan fingerprint density at radius 1 is 1.00 bits per heavy atom. The predicted molar refractivity (Wildman–Crippen MR) is 103 cm³/mol. The summed E-state index contributed by atoms with van der Waals surface area (Å²) in [6.45, 7) is 0. The lowest BCUT2D eigenvalue weighted by Crippen LogP contribution is -2.41. The number of anilines is 2. The Morgan fingerprint density at radius 2 is 1.68 bits per heavy atom. The van der Waals surface area contributed by atoms with Crippen molar-refractivity contribution in [2.75, 3.05) is 10.6 Å². The molecule has 0 aliphatic carbocycles. The number of nitriles is 1. The molecule has 28 heavy (non-hydrogen) atoms. The molecular formula is C21H14ClF2N3O. The number of nitrogens with zero attached hydrogens (tertiary/aromatic N) is 1. The second-order valence-electron chi connectivity index (χ2n) is 6.62. The van der Waals surface area contributed by atoms with Gasteiger partial charge < -0.3 is 15.7 Å². The molecule has 0 amide bonds. The maximum Gasteiger partial charge on any atom is 0.161 e. The highest BCUT2D eigenvalue weighted by molar-refractivity contribution is 6.30. The number of phenolic OH excluding ortho intramolecular Hbond substituents is 1. The summed E-state index contributed by atoms with van der Waals surface area (Å²) in [5.41, 5.74) is 1.37. The summed E-state index contributed by atoms with van der Waals surface area (Å²) in [5.74, 6) is -2.02. The first-order chi connectivity index (χ1) is 13.4. The van der Waals surface area contributed by atoms with Gasteiger partial charge in [-0.3, -0.25) is 0 Å². The van der Waals surface area contributed by atoms with Crippen LogP contribution < -0.4 is 10.6 Å². The summed E-state index contributed by atoms with van der Waals surface area (Å²) in [7, 11) is 0. The van der Waals surface area contributed by atoms with E-state index < -0.39 is 17.3 Å². The third-order valence-corrected chi connectivity index (χ3v) is 4.94. The summed E-state index contributed by atoms with van der Waals surface area (Å²) >= 11 is 5.96. The van der Waals surface area contributed by atoms with E-state index in [1.54, 1.807) is 30.3 Å². The van der Waals surface area contributed by atoms with E-state index in [2.05, 4.69) is 16.7 Å². The Balaban J connectivity index is 1.84. The Hall–Kier alpha value is -3.30. The lowest BCUT2D eigenvalue weighted by Gasteiger charge is -2.32. The molecule has 0 fully saturated rings. The summed E-state index contributed by atoms with van der Waals surface area (Å²) in [4.78, 5) is 0. The van der Waals surface area contributed by atoms with Crippen molar-refractivity contribution in [1.82, 2.24) is 0 Å². The van der Waals surface area contributed by atoms with Crippen LogP contribution in [0.25, 0.3) is 0 Å². The van der Waals surface area contributed by atoms with Gasteiger partial charge in [0.2, 0.25) is 0 Å². The first-order valence-electron chi connectivity index (χ1n) is 8.44. The van der Waals surface area contributed by atoms with Gasteiger partial charge in [0.05, 0.1) is 23.0 Å². The molecule has 0 saturated carbocycles. The van der Waals surface area contributed by atoms with Crippen LogP contribution in [0.15, 0.2) is 54.6 Å². The number of benzene rings is 3. The Labute approximate surface area is 165 Å². The molecule has 0 atom stereocenters. The van der Waals surface area contributed by atoms with Crippen molar-refractivity contribution in [3.8, 4) is 11.8 Å². The fraction of sp³-hybridized carbons (Fsp3) is 0.0952. The van der Waals surface area contributed by atoms with Gasteiger partial charge in [0.15, 0.2) is 11.6 Å². The van der Waals surface area contributed by atoms with Crippen molar-refractivity contribution in [3.63, 3.8) is 0 Å². The van der Waals surface area contributed by atoms with Crippen LogP contribution in [-0.4, -0.2) is 5.11 Å². The summed E-state index contributed by atoms with van der Waals surface area (Å²) in [6.07, 6.45) is 0.287. The monoisotopic (exact) mass is 397 g/mol. The van der Waals surface area contributed by atoms with E-state index in [1.165, 1.54) is 6.07 Å². The van der Waals surface area contributed by atoms with Crippen LogP contribution in [-0.2, 0) is 12.1 Å². The largest absolute Gasteiger partial charge is 0.507 e. The molecule has 3 aromatic carbocycles. The van der Waals surface area contributed by atoms with E-state index in [9.17, 15) is 13.9 Å². The molecule has 1 aliphatic heterocycles. The van der Waals surface area contributed by atoms with Crippen LogP contribution in [0.1, 0.15) is 16.7 Å². The fourth-order valence-corrected chi connectivity index (χ4v) is 3.65. The number of hydrogen-bond donors (Lipinski definition) is 3. The minimum absolute atomic E-state index is 0.0716. The van der Waals surface area contributed by atoms with E-state index in [0.717, 1.165) is 17.7 Å². The molecule has 1 heterocycles. The number of fused-ring (bicyclic) bond motifs is 1. The number of aromatic hydroxyl groups is 1. The average molecular weight is 398 g/mol. The second kappa shape index (κ2) is 6.70. The number of nitrogens with one attached hydrogen (secondary N) is 2. The van der Waals surface area contributed by atoms with E-state index in [0.29, 0.717) is 27.5 Å². The van der Waals surface area contributed by atoms with E-state index in [1.807, 2.05) is 6.07 Å². The Morgan fingerprint density at radius 3 is 2.29 bits per heavy atom. The highest BCUT2D eigenvalue weighted by Crippen LogP contribution is 2.45. The standard InChI is InChI=1S/C21H14ClF2N3O/c22-14-4-5-15(20(28)7-14)21(10-12-2-1-3-13(6-12)11-25)26-18-8-16(23)17(24)9-19(18)27-21/h1-9,26-28H,10H2. The Bertz CT molecular complexity index is 1100. The lowest BCUT2D eigenvalue weighted by molar-refractivity contribution is 0.446. The van der Waals surface area contributed by atoms with Crippen molar-refractivity contribution < 1.29 is 13.9 Å². The average Bonchev–Trinajstić information content (AvgIpc) is 2.99. The minimum Gasteiger partial charge on any atom is -0.507 e. The lowest BCUT2D eigenvalue weighted by atomic mass is 9.91. The molecule has 4 rings (SSSR count). The van der Waals surface area contributed by atoms with Gasteiger partial charge in [0, 0.05) is 29.1 Å². The van der Waals surface area contributed by atoms with Crippen molar-refractivity contribution in [3.05, 3.63) is 87.9 Å². The van der Waals surface area contributed by atoms with Crippen LogP contribution >= 0.6 is 11.6 Å². The molecule has 0 spiro atoms. The van der Waals surface area contributed by atoms with Crippen LogP contribution in [0.2, 0.25) is 5.02 Å². The molecule has 3 aromatic rings. The van der Waals surface area contributed by atoms with E-state index in [-0.39, 0.29) is 12.2 Å². The highest BCUT2D eigenvalue weighted by Gasteiger charge is 2.40. The van der Waals surface area contributed by atoms with E-state index in [4.69, 9.17) is 16.9 Å². The Kier molecular flexibility index (Phi) is 4.33. The second-order valence-corrected chi connectivity index (χ2v) is 7.05. The molecule has 3 N–H and O–H groups in total. The maximum atomic E-state index is 13.7. The quantitative estimate of drug-likeness (QED) is 0.573. The smallest absolute Gasteiger partial charge is 0.161 e. The zero-order valence-corrected chi connectivity index (χ0v) is 15.2. The van der Waals surface area contributed by atoms with Gasteiger partial charge in [-0.25, -0.2) is 8.78 Å². The van der Waals surface area contributed by atoms with Gasteiger partial charge >= 0.3 is 0 Å². The number of rotatable bonds is 3. The number of hydrogen-bond acceptors (Lipinski definition) is 4. The summed E-state index contributed by atoms with van der Waals surface area (Å²) in [6, 6.07) is 15.9. The molecule has 140 valence electrons. The summed E-state index contributed by atoms with van der Waals surface area (Å²) < 4.78 is 27.5. The molecule has 7 heteroatoms. The van der Waals surface area contributed by atoms with Crippen molar-refractivity contribution in [2.45, 2.75) is 12.1 Å². The zero-order valence-electron chi connectivity index (χ0n) is 14.4. The van der Waals surface area contributed by atoms with Crippen LogP contribution in [0.5, 0.6) is 5.75 Å². The topological polar surface area (TPSA) is 68.1 Å². The molecule has 0 bridgehead atoms. The highest BCUT2D eigenvalue weighted by atomic mass is 35.5. The van der Waals surface area contributed by atoms with Crippen LogP contribution in [0.3, 0.4) is 0 Å². The van der Waals surface area contributed by atoms with Gasteiger partial charge in [-0.2, -0.15) is 5.26 Å². The van der Waals surface area contributed by atoms with Crippen molar-refractivity contribution in [1.29, 1.82) is 5.26 Å². The minimum atomic E-state index is -1.09. The molecule has 0 aromatic heterocycles. The third-order valence-electron chi connectivity index (χ3n) is 4.70. The van der Waals surface area contributed by atoms with Crippen molar-refractivity contribution >= 4 is 23.0 Å². The van der Waals surface area contributed by atoms with Gasteiger partial charge in [0.1, 0.15) is 11.4 Å². The van der Waals surface area contributed by atoms with Gasteiger partial charge in [-0.15, -0.1) is 0 Å². The molecule has 1 aliphatic rings. The normalized spacial score (nSPS) is 13.9. The SMILES string of the molecule is N#Cc1cccc(CC2(c3ccc(Cl)cc3O)Nc3cc(F)c(F)cc3N2)c1. The molecule has 0 radical (unpaired) electrons. The first-order valence-corrected chi connectivity index (χ1v) is 8.81. The third kappa shape index (κ3) is 3.10. The molecule has 0 saturated heterocycles. The maximum absolute atomic E-state index is 13.7. The predicted octanol–water partition coefficient (Wildman–Crippen LogP) is 5.13. The molecular weight excluding hydrogens is 384 g/mol. The van der Waals surface area contributed by atoms with Crippen LogP contribution in [0, 0.1) is 23.0 Å². The van der Waals surface area contributed by atoms with E-state index >= 15 is 0 Å². The van der Waals surface area contributed by atoms with Gasteiger partial charge in [-0.05, 0) is 35.9 Å². The first kappa shape index (κ1) is 18.1. The zero-order chi connectivity index (χ0) is 19.9. The van der Waals surface area contributed by atoms with Crippen LogP contribution in [0.4, 0.5) is 20.2 Å².